The minimum Gasteiger partial charge on any atom is -0.496 e. The molecule has 0 aromatic heterocycles. The van der Waals surface area contributed by atoms with Crippen LogP contribution in [0.5, 0.6) is 5.75 Å². The van der Waals surface area contributed by atoms with Crippen molar-refractivity contribution in [3.05, 3.63) is 29.3 Å². The monoisotopic (exact) mass is 263 g/mol. The van der Waals surface area contributed by atoms with Gasteiger partial charge in [-0.05, 0) is 38.3 Å². The third kappa shape index (κ3) is 3.48. The first kappa shape index (κ1) is 14.4. The molecule has 3 heteroatoms. The summed E-state index contributed by atoms with van der Waals surface area (Å²) in [6.45, 7) is 7.02. The van der Waals surface area contributed by atoms with Crippen molar-refractivity contribution in [2.24, 2.45) is 5.92 Å². The molecule has 1 aromatic rings. The SMILES string of the molecule is CCNC(c1cc(C)ccc1OC)C1CCOCC1. The topological polar surface area (TPSA) is 30.5 Å². The number of methoxy groups -OCH3 is 1. The fourth-order valence-corrected chi connectivity index (χ4v) is 2.90. The molecule has 1 atom stereocenters. The van der Waals surface area contributed by atoms with Crippen LogP contribution in [0.1, 0.15) is 36.9 Å². The lowest BCUT2D eigenvalue weighted by atomic mass is 9.86. The maximum Gasteiger partial charge on any atom is 0.123 e. The standard InChI is InChI=1S/C16H25NO2/c1-4-17-16(13-7-9-19-10-8-13)14-11-12(2)5-6-15(14)18-3/h5-6,11,13,16-17H,4,7-10H2,1-3H3. The van der Waals surface area contributed by atoms with E-state index in [-0.39, 0.29) is 0 Å². The van der Waals surface area contributed by atoms with Gasteiger partial charge in [-0.3, -0.25) is 0 Å². The fraction of sp³-hybridized carbons (Fsp3) is 0.625. The second-order valence-electron chi connectivity index (χ2n) is 5.23. The predicted octanol–water partition coefficient (Wildman–Crippen LogP) is 3.08. The smallest absolute Gasteiger partial charge is 0.123 e. The van der Waals surface area contributed by atoms with Crippen molar-refractivity contribution >= 4 is 0 Å². The molecule has 1 aromatic carbocycles. The van der Waals surface area contributed by atoms with Gasteiger partial charge in [0.1, 0.15) is 5.75 Å². The average Bonchev–Trinajstić information content (AvgIpc) is 2.45. The van der Waals surface area contributed by atoms with E-state index in [2.05, 4.69) is 37.4 Å². The second-order valence-corrected chi connectivity index (χ2v) is 5.23. The fourth-order valence-electron chi connectivity index (χ4n) is 2.90. The summed E-state index contributed by atoms with van der Waals surface area (Å²) in [7, 11) is 1.75. The van der Waals surface area contributed by atoms with E-state index >= 15 is 0 Å². The molecule has 2 rings (SSSR count). The highest BCUT2D eigenvalue weighted by Crippen LogP contribution is 2.35. The van der Waals surface area contributed by atoms with Gasteiger partial charge in [0.2, 0.25) is 0 Å². The zero-order valence-corrected chi connectivity index (χ0v) is 12.2. The zero-order chi connectivity index (χ0) is 13.7. The molecule has 0 bridgehead atoms. The first-order chi connectivity index (χ1) is 9.26. The van der Waals surface area contributed by atoms with Gasteiger partial charge in [-0.1, -0.05) is 24.6 Å². The van der Waals surface area contributed by atoms with Crippen molar-refractivity contribution in [3.8, 4) is 5.75 Å². The summed E-state index contributed by atoms with van der Waals surface area (Å²) in [6, 6.07) is 6.80. The van der Waals surface area contributed by atoms with Gasteiger partial charge in [-0.25, -0.2) is 0 Å². The molecule has 106 valence electrons. The van der Waals surface area contributed by atoms with Gasteiger partial charge in [-0.15, -0.1) is 0 Å². The summed E-state index contributed by atoms with van der Waals surface area (Å²) in [4.78, 5) is 0. The van der Waals surface area contributed by atoms with Crippen LogP contribution in [0, 0.1) is 12.8 Å². The molecular formula is C16H25NO2. The van der Waals surface area contributed by atoms with Crippen LogP contribution < -0.4 is 10.1 Å². The Balaban J connectivity index is 2.28. The van der Waals surface area contributed by atoms with E-state index in [1.165, 1.54) is 11.1 Å². The van der Waals surface area contributed by atoms with E-state index in [4.69, 9.17) is 9.47 Å². The molecule has 0 amide bonds. The van der Waals surface area contributed by atoms with Crippen LogP contribution in [0.4, 0.5) is 0 Å². The van der Waals surface area contributed by atoms with E-state index in [9.17, 15) is 0 Å². The lowest BCUT2D eigenvalue weighted by Gasteiger charge is -2.32. The Labute approximate surface area is 116 Å². The number of hydrogen-bond acceptors (Lipinski definition) is 3. The number of benzene rings is 1. The largest absolute Gasteiger partial charge is 0.496 e. The molecule has 1 heterocycles. The summed E-state index contributed by atoms with van der Waals surface area (Å²) >= 11 is 0. The first-order valence-corrected chi connectivity index (χ1v) is 7.22. The number of aryl methyl sites for hydroxylation is 1. The molecule has 3 nitrogen and oxygen atoms in total. The number of hydrogen-bond donors (Lipinski definition) is 1. The van der Waals surface area contributed by atoms with Crippen molar-refractivity contribution in [1.29, 1.82) is 0 Å². The quantitative estimate of drug-likeness (QED) is 0.885. The molecule has 1 aliphatic heterocycles. The summed E-state index contributed by atoms with van der Waals surface area (Å²) in [5.74, 6) is 1.62. The molecule has 1 saturated heterocycles. The van der Waals surface area contributed by atoms with Crippen molar-refractivity contribution in [2.45, 2.75) is 32.7 Å². The van der Waals surface area contributed by atoms with Crippen LogP contribution in [0.3, 0.4) is 0 Å². The lowest BCUT2D eigenvalue weighted by Crippen LogP contribution is -2.32. The number of rotatable bonds is 5. The summed E-state index contributed by atoms with van der Waals surface area (Å²) < 4.78 is 11.0. The Morgan fingerprint density at radius 2 is 2.11 bits per heavy atom. The Kier molecular flexibility index (Phi) is 5.23. The maximum atomic E-state index is 5.55. The Bertz CT molecular complexity index is 400. The Hall–Kier alpha value is -1.06. The van der Waals surface area contributed by atoms with Gasteiger partial charge in [0.15, 0.2) is 0 Å². The van der Waals surface area contributed by atoms with Crippen LogP contribution in [0.25, 0.3) is 0 Å². The summed E-state index contributed by atoms with van der Waals surface area (Å²) in [6.07, 6.45) is 2.24. The van der Waals surface area contributed by atoms with Gasteiger partial charge in [0, 0.05) is 24.8 Å². The van der Waals surface area contributed by atoms with Crippen molar-refractivity contribution in [1.82, 2.24) is 5.32 Å². The van der Waals surface area contributed by atoms with E-state index in [0.717, 1.165) is 38.3 Å². The number of nitrogens with one attached hydrogen (secondary N) is 1. The minimum absolute atomic E-state index is 0.365. The number of ether oxygens (including phenoxy) is 2. The van der Waals surface area contributed by atoms with Crippen LogP contribution in [0.15, 0.2) is 18.2 Å². The molecule has 1 unspecified atom stereocenters. The van der Waals surface area contributed by atoms with E-state index < -0.39 is 0 Å². The molecular weight excluding hydrogens is 238 g/mol. The average molecular weight is 263 g/mol. The van der Waals surface area contributed by atoms with Crippen molar-refractivity contribution in [3.63, 3.8) is 0 Å². The minimum atomic E-state index is 0.365. The van der Waals surface area contributed by atoms with Crippen molar-refractivity contribution in [2.75, 3.05) is 26.9 Å². The lowest BCUT2D eigenvalue weighted by molar-refractivity contribution is 0.0535. The molecule has 1 aliphatic rings. The van der Waals surface area contributed by atoms with Crippen LogP contribution >= 0.6 is 0 Å². The second kappa shape index (κ2) is 6.92. The highest BCUT2D eigenvalue weighted by atomic mass is 16.5. The molecule has 1 fully saturated rings. The molecule has 19 heavy (non-hydrogen) atoms. The Morgan fingerprint density at radius 1 is 1.37 bits per heavy atom. The van der Waals surface area contributed by atoms with E-state index in [1.54, 1.807) is 7.11 Å². The van der Waals surface area contributed by atoms with Crippen LogP contribution in [-0.4, -0.2) is 26.9 Å². The predicted molar refractivity (Wildman–Crippen MR) is 77.7 cm³/mol. The van der Waals surface area contributed by atoms with E-state index in [0.29, 0.717) is 12.0 Å². The zero-order valence-electron chi connectivity index (χ0n) is 12.2. The highest BCUT2D eigenvalue weighted by molar-refractivity contribution is 5.39. The van der Waals surface area contributed by atoms with Crippen LogP contribution in [-0.2, 0) is 4.74 Å². The van der Waals surface area contributed by atoms with Gasteiger partial charge in [-0.2, -0.15) is 0 Å². The third-order valence-corrected chi connectivity index (χ3v) is 3.88. The maximum absolute atomic E-state index is 5.55. The molecule has 0 aliphatic carbocycles. The van der Waals surface area contributed by atoms with E-state index in [1.807, 2.05) is 0 Å². The van der Waals surface area contributed by atoms with Gasteiger partial charge >= 0.3 is 0 Å². The molecule has 0 saturated carbocycles. The summed E-state index contributed by atoms with van der Waals surface area (Å²) in [5, 5.41) is 3.64. The van der Waals surface area contributed by atoms with Gasteiger partial charge in [0.25, 0.3) is 0 Å². The molecule has 1 N–H and O–H groups in total. The first-order valence-electron chi connectivity index (χ1n) is 7.22. The summed E-state index contributed by atoms with van der Waals surface area (Å²) in [5.41, 5.74) is 2.57. The third-order valence-electron chi connectivity index (χ3n) is 3.88. The molecule has 0 radical (unpaired) electrons. The van der Waals surface area contributed by atoms with Gasteiger partial charge < -0.3 is 14.8 Å². The molecule has 0 spiro atoms. The van der Waals surface area contributed by atoms with Crippen LogP contribution in [0.2, 0.25) is 0 Å². The normalized spacial score (nSPS) is 18.3. The van der Waals surface area contributed by atoms with Gasteiger partial charge in [0.05, 0.1) is 7.11 Å². The van der Waals surface area contributed by atoms with Crippen molar-refractivity contribution < 1.29 is 9.47 Å². The Morgan fingerprint density at radius 3 is 2.74 bits per heavy atom. The highest BCUT2D eigenvalue weighted by Gasteiger charge is 2.27.